The maximum atomic E-state index is 11.4. The molecule has 0 spiro atoms. The van der Waals surface area contributed by atoms with Crippen molar-refractivity contribution in [2.45, 2.75) is 147 Å². The first-order valence-corrected chi connectivity index (χ1v) is 12.6. The SMILES string of the molecule is O=C(O)CC(CC1CCCC1)OC1CCCCCCCCCCCCCCC1. The molecule has 28 heavy (non-hydrogen) atoms. The molecule has 1 atom stereocenters. The van der Waals surface area contributed by atoms with Crippen LogP contribution in [-0.4, -0.2) is 23.3 Å². The quantitative estimate of drug-likeness (QED) is 0.503. The summed E-state index contributed by atoms with van der Waals surface area (Å²) in [6.07, 6.45) is 26.4. The second-order valence-electron chi connectivity index (χ2n) is 9.54. The summed E-state index contributed by atoms with van der Waals surface area (Å²) in [5.74, 6) is -0.00764. The molecule has 0 aromatic rings. The predicted molar refractivity (Wildman–Crippen MR) is 117 cm³/mol. The Hall–Kier alpha value is -0.570. The van der Waals surface area contributed by atoms with E-state index in [0.29, 0.717) is 5.92 Å². The molecule has 2 saturated carbocycles. The molecule has 3 nitrogen and oxygen atoms in total. The monoisotopic (exact) mass is 394 g/mol. The van der Waals surface area contributed by atoms with Crippen LogP contribution in [0.5, 0.6) is 0 Å². The Labute approximate surface area is 174 Å². The first-order valence-electron chi connectivity index (χ1n) is 12.6. The van der Waals surface area contributed by atoms with Gasteiger partial charge in [0.25, 0.3) is 0 Å². The number of ether oxygens (including phenoxy) is 1. The highest BCUT2D eigenvalue weighted by Crippen LogP contribution is 2.31. The smallest absolute Gasteiger partial charge is 0.305 e. The maximum absolute atomic E-state index is 11.4. The van der Waals surface area contributed by atoms with Crippen molar-refractivity contribution >= 4 is 5.97 Å². The molecule has 2 aliphatic rings. The molecular formula is C25H46O3. The van der Waals surface area contributed by atoms with Crippen LogP contribution in [0, 0.1) is 5.92 Å². The molecule has 0 radical (unpaired) electrons. The van der Waals surface area contributed by atoms with Crippen molar-refractivity contribution in [3.05, 3.63) is 0 Å². The third kappa shape index (κ3) is 11.4. The summed E-state index contributed by atoms with van der Waals surface area (Å²) < 4.78 is 6.49. The van der Waals surface area contributed by atoms with Gasteiger partial charge in [-0.25, -0.2) is 0 Å². The predicted octanol–water partition coefficient (Wildman–Crippen LogP) is 7.66. The molecule has 0 aromatic heterocycles. The number of carboxylic acids is 1. The fourth-order valence-corrected chi connectivity index (χ4v) is 5.24. The topological polar surface area (TPSA) is 46.5 Å². The fourth-order valence-electron chi connectivity index (χ4n) is 5.24. The highest BCUT2D eigenvalue weighted by atomic mass is 16.5. The molecule has 0 saturated heterocycles. The highest BCUT2D eigenvalue weighted by Gasteiger charge is 2.25. The van der Waals surface area contributed by atoms with Crippen LogP contribution in [0.4, 0.5) is 0 Å². The van der Waals surface area contributed by atoms with E-state index < -0.39 is 5.97 Å². The summed E-state index contributed by atoms with van der Waals surface area (Å²) in [5, 5.41) is 9.37. The summed E-state index contributed by atoms with van der Waals surface area (Å²) in [6.45, 7) is 0. The Morgan fingerprint density at radius 2 is 1.07 bits per heavy atom. The molecule has 0 bridgehead atoms. The van der Waals surface area contributed by atoms with E-state index in [1.807, 2.05) is 0 Å². The van der Waals surface area contributed by atoms with Gasteiger partial charge >= 0.3 is 5.97 Å². The van der Waals surface area contributed by atoms with Crippen molar-refractivity contribution in [2.24, 2.45) is 5.92 Å². The van der Waals surface area contributed by atoms with Gasteiger partial charge < -0.3 is 9.84 Å². The Kier molecular flexibility index (Phi) is 12.9. The van der Waals surface area contributed by atoms with Gasteiger partial charge in [-0.2, -0.15) is 0 Å². The van der Waals surface area contributed by atoms with E-state index in [1.165, 1.54) is 109 Å². The molecule has 2 aliphatic carbocycles. The molecule has 2 rings (SSSR count). The van der Waals surface area contributed by atoms with Crippen LogP contribution in [0.1, 0.15) is 135 Å². The van der Waals surface area contributed by atoms with Gasteiger partial charge in [-0.05, 0) is 25.2 Å². The number of hydrogen-bond donors (Lipinski definition) is 1. The lowest BCUT2D eigenvalue weighted by Crippen LogP contribution is -2.27. The molecule has 0 aromatic carbocycles. The zero-order valence-electron chi connectivity index (χ0n) is 18.3. The Balaban J connectivity index is 1.81. The van der Waals surface area contributed by atoms with Gasteiger partial charge in [0.05, 0.1) is 18.6 Å². The molecule has 2 fully saturated rings. The maximum Gasteiger partial charge on any atom is 0.305 e. The summed E-state index contributed by atoms with van der Waals surface area (Å²) in [6, 6.07) is 0. The van der Waals surface area contributed by atoms with E-state index >= 15 is 0 Å². The standard InChI is InChI=1S/C25H46O3/c26-25(27)21-24(20-22-16-14-15-17-22)28-23-18-12-10-8-6-4-2-1-3-5-7-9-11-13-19-23/h22-24H,1-21H2,(H,26,27). The summed E-state index contributed by atoms with van der Waals surface area (Å²) in [7, 11) is 0. The number of rotatable bonds is 6. The van der Waals surface area contributed by atoms with Crippen LogP contribution in [0.15, 0.2) is 0 Å². The van der Waals surface area contributed by atoms with Gasteiger partial charge in [-0.1, -0.05) is 109 Å². The van der Waals surface area contributed by atoms with Crippen LogP contribution < -0.4 is 0 Å². The second-order valence-corrected chi connectivity index (χ2v) is 9.54. The van der Waals surface area contributed by atoms with Crippen LogP contribution in [0.2, 0.25) is 0 Å². The lowest BCUT2D eigenvalue weighted by Gasteiger charge is -2.26. The molecule has 164 valence electrons. The molecule has 1 N–H and O–H groups in total. The second kappa shape index (κ2) is 15.3. The average Bonchev–Trinajstić information content (AvgIpc) is 3.16. The van der Waals surface area contributed by atoms with Crippen LogP contribution in [0.3, 0.4) is 0 Å². The Morgan fingerprint density at radius 1 is 0.679 bits per heavy atom. The number of aliphatic carboxylic acids is 1. The van der Waals surface area contributed by atoms with Crippen molar-refractivity contribution in [1.29, 1.82) is 0 Å². The molecule has 0 aliphatic heterocycles. The largest absolute Gasteiger partial charge is 0.481 e. The van der Waals surface area contributed by atoms with Crippen molar-refractivity contribution in [3.8, 4) is 0 Å². The lowest BCUT2D eigenvalue weighted by molar-refractivity contribution is -0.142. The first kappa shape index (κ1) is 23.7. The van der Waals surface area contributed by atoms with E-state index in [0.717, 1.165) is 19.3 Å². The minimum atomic E-state index is -0.698. The van der Waals surface area contributed by atoms with Gasteiger partial charge in [-0.15, -0.1) is 0 Å². The third-order valence-electron chi connectivity index (χ3n) is 6.91. The van der Waals surface area contributed by atoms with E-state index in [-0.39, 0.29) is 18.6 Å². The minimum Gasteiger partial charge on any atom is -0.481 e. The van der Waals surface area contributed by atoms with Gasteiger partial charge in [0.2, 0.25) is 0 Å². The number of carbonyl (C=O) groups is 1. The van der Waals surface area contributed by atoms with Gasteiger partial charge in [-0.3, -0.25) is 4.79 Å². The number of carboxylic acid groups (broad SMARTS) is 1. The summed E-state index contributed by atoms with van der Waals surface area (Å²) >= 11 is 0. The average molecular weight is 395 g/mol. The van der Waals surface area contributed by atoms with Crippen LogP contribution in [0.25, 0.3) is 0 Å². The summed E-state index contributed by atoms with van der Waals surface area (Å²) in [5.41, 5.74) is 0. The van der Waals surface area contributed by atoms with Crippen LogP contribution in [-0.2, 0) is 9.53 Å². The number of hydrogen-bond acceptors (Lipinski definition) is 2. The minimum absolute atomic E-state index is 0.0730. The molecule has 3 heteroatoms. The third-order valence-corrected chi connectivity index (χ3v) is 6.91. The first-order chi connectivity index (χ1) is 13.7. The highest BCUT2D eigenvalue weighted by molar-refractivity contribution is 5.67. The molecule has 0 amide bonds. The van der Waals surface area contributed by atoms with Gasteiger partial charge in [0.1, 0.15) is 0 Å². The Bertz CT molecular complexity index is 373. The van der Waals surface area contributed by atoms with E-state index in [4.69, 9.17) is 4.74 Å². The van der Waals surface area contributed by atoms with Crippen molar-refractivity contribution in [3.63, 3.8) is 0 Å². The zero-order chi connectivity index (χ0) is 19.9. The normalized spacial score (nSPS) is 24.1. The van der Waals surface area contributed by atoms with Gasteiger partial charge in [0.15, 0.2) is 0 Å². The van der Waals surface area contributed by atoms with Crippen molar-refractivity contribution < 1.29 is 14.6 Å². The zero-order valence-corrected chi connectivity index (χ0v) is 18.3. The summed E-state index contributed by atoms with van der Waals surface area (Å²) in [4.78, 5) is 11.4. The van der Waals surface area contributed by atoms with E-state index in [1.54, 1.807) is 0 Å². The molecule has 0 heterocycles. The lowest BCUT2D eigenvalue weighted by atomic mass is 9.97. The van der Waals surface area contributed by atoms with Gasteiger partial charge in [0, 0.05) is 0 Å². The van der Waals surface area contributed by atoms with Crippen LogP contribution >= 0.6 is 0 Å². The fraction of sp³-hybridized carbons (Fsp3) is 0.960. The Morgan fingerprint density at radius 3 is 1.50 bits per heavy atom. The molecule has 1 unspecified atom stereocenters. The van der Waals surface area contributed by atoms with Crippen molar-refractivity contribution in [1.82, 2.24) is 0 Å². The van der Waals surface area contributed by atoms with E-state index in [2.05, 4.69) is 0 Å². The van der Waals surface area contributed by atoms with E-state index in [9.17, 15) is 9.90 Å². The van der Waals surface area contributed by atoms with Crippen molar-refractivity contribution in [2.75, 3.05) is 0 Å². The molecular weight excluding hydrogens is 348 g/mol.